The van der Waals surface area contributed by atoms with Gasteiger partial charge in [-0.1, -0.05) is 6.07 Å². The Balaban J connectivity index is 1.32. The highest BCUT2D eigenvalue weighted by atomic mass is 19.4. The van der Waals surface area contributed by atoms with E-state index < -0.39 is 11.9 Å². The van der Waals surface area contributed by atoms with Gasteiger partial charge in [0.15, 0.2) is 11.6 Å². The molecule has 0 amide bonds. The first-order valence-corrected chi connectivity index (χ1v) is 8.82. The number of halogens is 3. The topological polar surface area (TPSA) is 63.0 Å². The Labute approximate surface area is 159 Å². The number of aromatic nitrogens is 5. The zero-order valence-electron chi connectivity index (χ0n) is 14.9. The molecule has 0 N–H and O–H groups in total. The van der Waals surface area contributed by atoms with Crippen LogP contribution < -0.4 is 4.90 Å². The Morgan fingerprint density at radius 1 is 0.929 bits per heavy atom. The van der Waals surface area contributed by atoms with E-state index in [1.54, 1.807) is 17.1 Å². The van der Waals surface area contributed by atoms with E-state index in [2.05, 4.69) is 30.1 Å². The Hall–Kier alpha value is -3.01. The smallest absolute Gasteiger partial charge is 0.353 e. The molecule has 1 saturated heterocycles. The van der Waals surface area contributed by atoms with E-state index in [1.807, 2.05) is 18.2 Å². The first-order valence-electron chi connectivity index (χ1n) is 8.82. The van der Waals surface area contributed by atoms with Gasteiger partial charge in [-0.2, -0.15) is 18.3 Å². The fraction of sp³-hybridized carbons (Fsp3) is 0.333. The summed E-state index contributed by atoms with van der Waals surface area (Å²) in [5, 5.41) is 12.6. The van der Waals surface area contributed by atoms with Gasteiger partial charge in [0.1, 0.15) is 5.69 Å². The maximum atomic E-state index is 12.6. The van der Waals surface area contributed by atoms with Crippen LogP contribution in [-0.2, 0) is 12.7 Å². The highest BCUT2D eigenvalue weighted by Gasteiger charge is 2.32. The van der Waals surface area contributed by atoms with E-state index in [1.165, 1.54) is 12.3 Å². The van der Waals surface area contributed by atoms with Crippen LogP contribution in [0.1, 0.15) is 11.3 Å². The molecule has 0 aromatic carbocycles. The summed E-state index contributed by atoms with van der Waals surface area (Å²) in [5.74, 6) is 1.45. The van der Waals surface area contributed by atoms with Crippen LogP contribution in [0.2, 0.25) is 0 Å². The van der Waals surface area contributed by atoms with Gasteiger partial charge in [-0.15, -0.1) is 10.2 Å². The Kier molecular flexibility index (Phi) is 4.95. The quantitative estimate of drug-likeness (QED) is 0.683. The first-order chi connectivity index (χ1) is 13.5. The van der Waals surface area contributed by atoms with Crippen LogP contribution in [0.5, 0.6) is 0 Å². The van der Waals surface area contributed by atoms with Gasteiger partial charge in [0, 0.05) is 51.3 Å². The molecular formula is C18H18F3N7. The van der Waals surface area contributed by atoms with Crippen molar-refractivity contribution in [1.82, 2.24) is 29.9 Å². The zero-order valence-corrected chi connectivity index (χ0v) is 14.9. The van der Waals surface area contributed by atoms with Gasteiger partial charge in [0.25, 0.3) is 0 Å². The summed E-state index contributed by atoms with van der Waals surface area (Å²) >= 11 is 0. The number of piperazine rings is 1. The molecule has 1 aliphatic rings. The predicted octanol–water partition coefficient (Wildman–Crippen LogP) is 2.40. The number of pyridine rings is 1. The van der Waals surface area contributed by atoms with Crippen LogP contribution in [0, 0.1) is 0 Å². The van der Waals surface area contributed by atoms with Gasteiger partial charge >= 0.3 is 6.18 Å². The highest BCUT2D eigenvalue weighted by Crippen LogP contribution is 2.27. The van der Waals surface area contributed by atoms with Crippen molar-refractivity contribution in [2.45, 2.75) is 12.7 Å². The zero-order chi connectivity index (χ0) is 19.6. The maximum Gasteiger partial charge on any atom is 0.433 e. The SMILES string of the molecule is FC(F)(F)c1ccc(CN2CCN(c3ccc(-n4cccn4)nn3)CC2)cn1. The Morgan fingerprint density at radius 2 is 1.68 bits per heavy atom. The molecule has 4 heterocycles. The minimum absolute atomic E-state index is 0.572. The molecule has 0 bridgehead atoms. The predicted molar refractivity (Wildman–Crippen MR) is 95.9 cm³/mol. The Bertz CT molecular complexity index is 884. The molecular weight excluding hydrogens is 371 g/mol. The monoisotopic (exact) mass is 389 g/mol. The van der Waals surface area contributed by atoms with Crippen molar-refractivity contribution in [3.8, 4) is 5.82 Å². The molecule has 28 heavy (non-hydrogen) atoms. The number of hydrogen-bond acceptors (Lipinski definition) is 6. The van der Waals surface area contributed by atoms with Crippen molar-refractivity contribution in [1.29, 1.82) is 0 Å². The second-order valence-electron chi connectivity index (χ2n) is 6.51. The number of alkyl halides is 3. The molecule has 0 spiro atoms. The summed E-state index contributed by atoms with van der Waals surface area (Å²) in [4.78, 5) is 7.85. The van der Waals surface area contributed by atoms with E-state index in [0.717, 1.165) is 43.6 Å². The summed E-state index contributed by atoms with van der Waals surface area (Å²) in [6, 6.07) is 8.13. The minimum Gasteiger partial charge on any atom is -0.353 e. The number of hydrogen-bond donors (Lipinski definition) is 0. The average molecular weight is 389 g/mol. The van der Waals surface area contributed by atoms with Gasteiger partial charge < -0.3 is 4.90 Å². The lowest BCUT2D eigenvalue weighted by Gasteiger charge is -2.35. The van der Waals surface area contributed by atoms with Crippen LogP contribution in [-0.4, -0.2) is 56.0 Å². The minimum atomic E-state index is -4.40. The molecule has 0 unspecified atom stereocenters. The molecule has 0 radical (unpaired) electrons. The largest absolute Gasteiger partial charge is 0.433 e. The third-order valence-electron chi connectivity index (χ3n) is 4.59. The highest BCUT2D eigenvalue weighted by molar-refractivity contribution is 5.40. The summed E-state index contributed by atoms with van der Waals surface area (Å²) < 4.78 is 39.4. The summed E-state index contributed by atoms with van der Waals surface area (Å²) in [7, 11) is 0. The Morgan fingerprint density at radius 3 is 2.25 bits per heavy atom. The third kappa shape index (κ3) is 4.11. The van der Waals surface area contributed by atoms with Crippen molar-refractivity contribution >= 4 is 5.82 Å². The van der Waals surface area contributed by atoms with Crippen molar-refractivity contribution in [3.63, 3.8) is 0 Å². The average Bonchev–Trinajstić information content (AvgIpc) is 3.23. The lowest BCUT2D eigenvalue weighted by molar-refractivity contribution is -0.141. The lowest BCUT2D eigenvalue weighted by Crippen LogP contribution is -2.46. The number of anilines is 1. The fourth-order valence-electron chi connectivity index (χ4n) is 3.09. The lowest BCUT2D eigenvalue weighted by atomic mass is 10.2. The van der Waals surface area contributed by atoms with Crippen molar-refractivity contribution in [2.24, 2.45) is 0 Å². The molecule has 0 saturated carbocycles. The van der Waals surface area contributed by atoms with E-state index in [9.17, 15) is 13.2 Å². The maximum absolute atomic E-state index is 12.6. The molecule has 10 heteroatoms. The van der Waals surface area contributed by atoms with Crippen molar-refractivity contribution in [3.05, 3.63) is 60.2 Å². The molecule has 0 atom stereocenters. The first kappa shape index (κ1) is 18.4. The third-order valence-corrected chi connectivity index (χ3v) is 4.59. The van der Waals surface area contributed by atoms with Crippen LogP contribution in [0.15, 0.2) is 48.9 Å². The number of nitrogens with zero attached hydrogens (tertiary/aromatic N) is 7. The van der Waals surface area contributed by atoms with Gasteiger partial charge in [-0.25, -0.2) is 4.68 Å². The molecule has 1 aliphatic heterocycles. The van der Waals surface area contributed by atoms with Crippen LogP contribution in [0.25, 0.3) is 5.82 Å². The van der Waals surface area contributed by atoms with Gasteiger partial charge in [-0.05, 0) is 29.8 Å². The molecule has 7 nitrogen and oxygen atoms in total. The number of rotatable bonds is 4. The van der Waals surface area contributed by atoms with Crippen LogP contribution in [0.4, 0.5) is 19.0 Å². The molecule has 1 fully saturated rings. The normalized spacial score (nSPS) is 15.8. The molecule has 3 aromatic rings. The molecule has 3 aromatic heterocycles. The molecule has 146 valence electrons. The second-order valence-corrected chi connectivity index (χ2v) is 6.51. The van der Waals surface area contributed by atoms with E-state index in [4.69, 9.17) is 0 Å². The van der Waals surface area contributed by atoms with Crippen LogP contribution >= 0.6 is 0 Å². The standard InChI is InChI=1S/C18H18F3N7/c19-18(20,21)15-3-2-14(12-22-15)13-26-8-10-27(11-9-26)16-4-5-17(25-24-16)28-7-1-6-23-28/h1-7,12H,8-11,13H2. The van der Waals surface area contributed by atoms with Gasteiger partial charge in [0.2, 0.25) is 0 Å². The molecule has 4 rings (SSSR count). The summed E-state index contributed by atoms with van der Waals surface area (Å²) in [6.45, 7) is 3.67. The summed E-state index contributed by atoms with van der Waals surface area (Å²) in [6.07, 6.45) is 0.381. The van der Waals surface area contributed by atoms with Crippen LogP contribution in [0.3, 0.4) is 0 Å². The van der Waals surface area contributed by atoms with Crippen molar-refractivity contribution < 1.29 is 13.2 Å². The van der Waals surface area contributed by atoms with E-state index >= 15 is 0 Å². The van der Waals surface area contributed by atoms with Crippen molar-refractivity contribution in [2.75, 3.05) is 31.1 Å². The van der Waals surface area contributed by atoms with E-state index in [-0.39, 0.29) is 0 Å². The van der Waals surface area contributed by atoms with Gasteiger partial charge in [-0.3, -0.25) is 9.88 Å². The van der Waals surface area contributed by atoms with E-state index in [0.29, 0.717) is 12.4 Å². The summed E-state index contributed by atoms with van der Waals surface area (Å²) in [5.41, 5.74) is -0.0944. The van der Waals surface area contributed by atoms with Gasteiger partial charge in [0.05, 0.1) is 0 Å². The second kappa shape index (κ2) is 7.55. The fourth-order valence-corrected chi connectivity index (χ4v) is 3.09. The molecule has 0 aliphatic carbocycles.